The summed E-state index contributed by atoms with van der Waals surface area (Å²) in [4.78, 5) is 13.5. The molecule has 0 saturated carbocycles. The van der Waals surface area contributed by atoms with Gasteiger partial charge in [-0.2, -0.15) is 0 Å². The summed E-state index contributed by atoms with van der Waals surface area (Å²) in [5, 5.41) is 0. The van der Waals surface area contributed by atoms with E-state index in [1.807, 2.05) is 12.1 Å². The van der Waals surface area contributed by atoms with E-state index in [9.17, 15) is 4.79 Å². The van der Waals surface area contributed by atoms with Crippen LogP contribution in [0.25, 0.3) is 0 Å². The van der Waals surface area contributed by atoms with Gasteiger partial charge in [-0.25, -0.2) is 0 Å². The second kappa shape index (κ2) is 4.55. The summed E-state index contributed by atoms with van der Waals surface area (Å²) in [6.45, 7) is 2.46. The molecule has 0 unspecified atom stereocenters. The normalized spacial score (nSPS) is 15.3. The van der Waals surface area contributed by atoms with Crippen LogP contribution in [-0.4, -0.2) is 30.9 Å². The monoisotopic (exact) mass is 205 g/mol. The van der Waals surface area contributed by atoms with Gasteiger partial charge in [0, 0.05) is 20.2 Å². The molecule has 0 aromatic heterocycles. The van der Waals surface area contributed by atoms with Gasteiger partial charge >= 0.3 is 0 Å². The molecule has 3 nitrogen and oxygen atoms in total. The molecule has 0 fully saturated rings. The zero-order chi connectivity index (χ0) is 10.7. The van der Waals surface area contributed by atoms with Crippen molar-refractivity contribution in [3.63, 3.8) is 0 Å². The zero-order valence-corrected chi connectivity index (χ0v) is 8.90. The molecule has 0 saturated heterocycles. The number of hydrogen-bond acceptors (Lipinski definition) is 3. The number of benzene rings is 1. The first-order valence-corrected chi connectivity index (χ1v) is 5.09. The highest BCUT2D eigenvalue weighted by atomic mass is 16.5. The second-order valence-electron chi connectivity index (χ2n) is 3.89. The minimum Gasteiger partial charge on any atom is -0.377 e. The molecule has 3 heteroatoms. The van der Waals surface area contributed by atoms with Gasteiger partial charge in [0.25, 0.3) is 0 Å². The predicted octanol–water partition coefficient (Wildman–Crippen LogP) is 1.22. The lowest BCUT2D eigenvalue weighted by molar-refractivity contribution is -0.123. The van der Waals surface area contributed by atoms with E-state index in [1.54, 1.807) is 7.11 Å². The molecule has 1 heterocycles. The maximum Gasteiger partial charge on any atom is 0.172 e. The zero-order valence-electron chi connectivity index (χ0n) is 8.90. The van der Waals surface area contributed by atoms with Gasteiger partial charge in [0.05, 0.1) is 6.54 Å². The van der Waals surface area contributed by atoms with Crippen LogP contribution in [0.5, 0.6) is 0 Å². The van der Waals surface area contributed by atoms with Crippen LogP contribution in [0.2, 0.25) is 0 Å². The number of ketones is 1. The molecule has 0 atom stereocenters. The average Bonchev–Trinajstić information content (AvgIpc) is 2.59. The third-order valence-electron chi connectivity index (χ3n) is 2.61. The van der Waals surface area contributed by atoms with E-state index in [0.29, 0.717) is 6.54 Å². The third kappa shape index (κ3) is 2.43. The van der Waals surface area contributed by atoms with Crippen LogP contribution in [-0.2, 0) is 22.6 Å². The lowest BCUT2D eigenvalue weighted by Gasteiger charge is -2.12. The summed E-state index contributed by atoms with van der Waals surface area (Å²) in [5.74, 6) is 0.144. The van der Waals surface area contributed by atoms with Crippen LogP contribution in [0, 0.1) is 0 Å². The fourth-order valence-electron chi connectivity index (χ4n) is 1.97. The van der Waals surface area contributed by atoms with Crippen molar-refractivity contribution in [2.24, 2.45) is 0 Å². The van der Waals surface area contributed by atoms with Crippen molar-refractivity contribution >= 4 is 5.78 Å². The maximum absolute atomic E-state index is 11.4. The minimum absolute atomic E-state index is 0.144. The van der Waals surface area contributed by atoms with Crippen molar-refractivity contribution in [1.82, 2.24) is 4.90 Å². The summed E-state index contributed by atoms with van der Waals surface area (Å²) in [6.07, 6.45) is 0. The molecule has 0 bridgehead atoms. The van der Waals surface area contributed by atoms with Crippen LogP contribution in [0.1, 0.15) is 11.1 Å². The Labute approximate surface area is 89.7 Å². The second-order valence-corrected chi connectivity index (χ2v) is 3.89. The van der Waals surface area contributed by atoms with Crippen LogP contribution < -0.4 is 0 Å². The van der Waals surface area contributed by atoms with Gasteiger partial charge in [0.1, 0.15) is 6.61 Å². The van der Waals surface area contributed by atoms with Crippen molar-refractivity contribution < 1.29 is 9.53 Å². The van der Waals surface area contributed by atoms with E-state index in [0.717, 1.165) is 13.1 Å². The highest BCUT2D eigenvalue weighted by Gasteiger charge is 2.19. The molecule has 0 spiro atoms. The molecular weight excluding hydrogens is 190 g/mol. The standard InChI is InChI=1S/C12H15NO2/c1-15-9-12(14)8-13-6-10-4-2-3-5-11(10)7-13/h2-5H,6-9H2,1H3. The Morgan fingerprint density at radius 3 is 2.47 bits per heavy atom. The third-order valence-corrected chi connectivity index (χ3v) is 2.61. The highest BCUT2D eigenvalue weighted by molar-refractivity contribution is 5.81. The summed E-state index contributed by atoms with van der Waals surface area (Å²) in [7, 11) is 1.55. The first kappa shape index (κ1) is 10.3. The van der Waals surface area contributed by atoms with Gasteiger partial charge in [-0.3, -0.25) is 9.69 Å². The Morgan fingerprint density at radius 1 is 1.33 bits per heavy atom. The number of ether oxygens (including phenoxy) is 1. The molecule has 0 N–H and O–H groups in total. The molecule has 0 radical (unpaired) electrons. The van der Waals surface area contributed by atoms with Crippen molar-refractivity contribution in [3.05, 3.63) is 35.4 Å². The largest absolute Gasteiger partial charge is 0.377 e. The van der Waals surface area contributed by atoms with Gasteiger partial charge in [-0.1, -0.05) is 24.3 Å². The van der Waals surface area contributed by atoms with Gasteiger partial charge in [0.2, 0.25) is 0 Å². The fraction of sp³-hybridized carbons (Fsp3) is 0.417. The molecule has 1 aliphatic heterocycles. The molecule has 1 aromatic carbocycles. The fourth-order valence-corrected chi connectivity index (χ4v) is 1.97. The van der Waals surface area contributed by atoms with Crippen LogP contribution in [0.3, 0.4) is 0 Å². The lowest BCUT2D eigenvalue weighted by atomic mass is 10.1. The summed E-state index contributed by atoms with van der Waals surface area (Å²) in [5.41, 5.74) is 2.67. The molecule has 15 heavy (non-hydrogen) atoms. The molecule has 0 aliphatic carbocycles. The van der Waals surface area contributed by atoms with Gasteiger partial charge in [0.15, 0.2) is 5.78 Å². The van der Waals surface area contributed by atoms with Crippen LogP contribution in [0.4, 0.5) is 0 Å². The Hall–Kier alpha value is -1.19. The van der Waals surface area contributed by atoms with E-state index in [4.69, 9.17) is 4.74 Å². The first-order chi connectivity index (χ1) is 7.29. The lowest BCUT2D eigenvalue weighted by Crippen LogP contribution is -2.27. The Kier molecular flexibility index (Phi) is 3.14. The number of carbonyl (C=O) groups is 1. The van der Waals surface area contributed by atoms with Crippen molar-refractivity contribution in [2.75, 3.05) is 20.3 Å². The van der Waals surface area contributed by atoms with Gasteiger partial charge in [-0.05, 0) is 11.1 Å². The molecule has 2 rings (SSSR count). The highest BCUT2D eigenvalue weighted by Crippen LogP contribution is 2.21. The summed E-state index contributed by atoms with van der Waals surface area (Å²) in [6, 6.07) is 8.32. The van der Waals surface area contributed by atoms with E-state index in [2.05, 4.69) is 17.0 Å². The van der Waals surface area contributed by atoms with Crippen molar-refractivity contribution in [1.29, 1.82) is 0 Å². The molecular formula is C12H15NO2. The van der Waals surface area contributed by atoms with Gasteiger partial charge in [-0.15, -0.1) is 0 Å². The Balaban J connectivity index is 1.93. The maximum atomic E-state index is 11.4. The number of fused-ring (bicyclic) bond motifs is 1. The van der Waals surface area contributed by atoms with E-state index in [1.165, 1.54) is 11.1 Å². The summed E-state index contributed by atoms with van der Waals surface area (Å²) < 4.78 is 4.81. The van der Waals surface area contributed by atoms with Crippen LogP contribution >= 0.6 is 0 Å². The minimum atomic E-state index is 0.144. The van der Waals surface area contributed by atoms with E-state index < -0.39 is 0 Å². The Morgan fingerprint density at radius 2 is 1.93 bits per heavy atom. The number of hydrogen-bond donors (Lipinski definition) is 0. The van der Waals surface area contributed by atoms with E-state index in [-0.39, 0.29) is 12.4 Å². The molecule has 80 valence electrons. The molecule has 1 aromatic rings. The van der Waals surface area contributed by atoms with Crippen molar-refractivity contribution in [2.45, 2.75) is 13.1 Å². The number of rotatable bonds is 4. The first-order valence-electron chi connectivity index (χ1n) is 5.09. The van der Waals surface area contributed by atoms with E-state index >= 15 is 0 Å². The van der Waals surface area contributed by atoms with Crippen molar-refractivity contribution in [3.8, 4) is 0 Å². The van der Waals surface area contributed by atoms with Gasteiger partial charge < -0.3 is 4.74 Å². The number of Topliss-reactive ketones (excluding diaryl/α,β-unsaturated/α-hetero) is 1. The molecule has 0 amide bonds. The number of methoxy groups -OCH3 is 1. The predicted molar refractivity (Wildman–Crippen MR) is 57.4 cm³/mol. The number of nitrogens with zero attached hydrogens (tertiary/aromatic N) is 1. The number of carbonyl (C=O) groups excluding carboxylic acids is 1. The smallest absolute Gasteiger partial charge is 0.172 e. The quantitative estimate of drug-likeness (QED) is 0.740. The Bertz CT molecular complexity index is 337. The topological polar surface area (TPSA) is 29.5 Å². The average molecular weight is 205 g/mol. The van der Waals surface area contributed by atoms with Crippen LogP contribution in [0.15, 0.2) is 24.3 Å². The SMILES string of the molecule is COCC(=O)CN1Cc2ccccc2C1. The summed E-state index contributed by atoms with van der Waals surface area (Å²) >= 11 is 0. The molecule has 1 aliphatic rings.